The van der Waals surface area contributed by atoms with Crippen LogP contribution in [0, 0.1) is 0 Å². The van der Waals surface area contributed by atoms with E-state index in [4.69, 9.17) is 22.7 Å². The summed E-state index contributed by atoms with van der Waals surface area (Å²) in [7, 11) is 0. The molecule has 2 rings (SSSR count). The van der Waals surface area contributed by atoms with E-state index in [2.05, 4.69) is 30.7 Å². The van der Waals surface area contributed by atoms with Crippen LogP contribution in [0.25, 0.3) is 0 Å². The van der Waals surface area contributed by atoms with Gasteiger partial charge in [-0.15, -0.1) is 0 Å². The molecule has 0 spiro atoms. The van der Waals surface area contributed by atoms with E-state index >= 15 is 0 Å². The van der Waals surface area contributed by atoms with Crippen molar-refractivity contribution >= 4 is 23.0 Å². The highest BCUT2D eigenvalue weighted by atomic mass is 32.1. The Hall–Kier alpha value is -1.20. The molecule has 1 unspecified atom stereocenters. The van der Waals surface area contributed by atoms with Crippen molar-refractivity contribution in [3.05, 3.63) is 23.9 Å². The van der Waals surface area contributed by atoms with Crippen molar-refractivity contribution < 1.29 is 4.74 Å². The Balaban J connectivity index is 2.25. The number of thiocarbonyl (C=S) groups is 1. The van der Waals surface area contributed by atoms with Gasteiger partial charge in [0.2, 0.25) is 0 Å². The lowest BCUT2D eigenvalue weighted by Crippen LogP contribution is -2.52. The zero-order chi connectivity index (χ0) is 13.3. The largest absolute Gasteiger partial charge is 0.388 e. The first-order valence-electron chi connectivity index (χ1n) is 6.07. The van der Waals surface area contributed by atoms with Crippen LogP contribution in [0.5, 0.6) is 0 Å². The van der Waals surface area contributed by atoms with Crippen LogP contribution in [-0.2, 0) is 4.74 Å². The molecule has 1 aliphatic rings. The summed E-state index contributed by atoms with van der Waals surface area (Å²) >= 11 is 4.96. The summed E-state index contributed by atoms with van der Waals surface area (Å²) in [6, 6.07) is 5.75. The van der Waals surface area contributed by atoms with Gasteiger partial charge in [0.15, 0.2) is 0 Å². The van der Waals surface area contributed by atoms with Gasteiger partial charge in [-0.2, -0.15) is 0 Å². The zero-order valence-corrected chi connectivity index (χ0v) is 11.8. The van der Waals surface area contributed by atoms with E-state index in [0.29, 0.717) is 10.7 Å². The third kappa shape index (κ3) is 2.97. The summed E-state index contributed by atoms with van der Waals surface area (Å²) in [5, 5.41) is 0. The standard InChI is InChI=1S/C13H19N3OS/c1-9-7-16(8-13(2,3)17-9)11-6-4-5-10(15-11)12(14)18/h4-6,9H,7-8H2,1-3H3,(H2,14,18). The number of hydrogen-bond donors (Lipinski definition) is 1. The van der Waals surface area contributed by atoms with Gasteiger partial charge in [-0.1, -0.05) is 18.3 Å². The molecule has 2 heterocycles. The number of morpholine rings is 1. The third-order valence-corrected chi connectivity index (χ3v) is 3.09. The van der Waals surface area contributed by atoms with E-state index in [1.54, 1.807) is 0 Å². The number of hydrogen-bond acceptors (Lipinski definition) is 4. The average molecular weight is 265 g/mol. The van der Waals surface area contributed by atoms with Crippen LogP contribution in [0.15, 0.2) is 18.2 Å². The molecule has 1 fully saturated rings. The Morgan fingerprint density at radius 1 is 1.56 bits per heavy atom. The van der Waals surface area contributed by atoms with Gasteiger partial charge in [-0.25, -0.2) is 4.98 Å². The molecule has 0 aliphatic carbocycles. The van der Waals surface area contributed by atoms with Gasteiger partial charge in [0.25, 0.3) is 0 Å². The number of pyridine rings is 1. The quantitative estimate of drug-likeness (QED) is 0.825. The van der Waals surface area contributed by atoms with E-state index in [1.807, 2.05) is 18.2 Å². The predicted molar refractivity (Wildman–Crippen MR) is 77.0 cm³/mol. The summed E-state index contributed by atoms with van der Waals surface area (Å²) in [5.74, 6) is 0.906. The Morgan fingerprint density at radius 3 is 2.89 bits per heavy atom. The molecule has 0 radical (unpaired) electrons. The SMILES string of the molecule is CC1CN(c2cccc(C(N)=S)n2)CC(C)(C)O1. The number of ether oxygens (including phenoxy) is 1. The smallest absolute Gasteiger partial charge is 0.129 e. The molecule has 98 valence electrons. The van der Waals surface area contributed by atoms with Gasteiger partial charge in [0.1, 0.15) is 10.8 Å². The summed E-state index contributed by atoms with van der Waals surface area (Å²) in [6.45, 7) is 7.90. The fraction of sp³-hybridized carbons (Fsp3) is 0.538. The second-order valence-corrected chi connectivity index (χ2v) is 5.75. The van der Waals surface area contributed by atoms with Crippen molar-refractivity contribution in [1.29, 1.82) is 0 Å². The normalized spacial score (nSPS) is 22.8. The van der Waals surface area contributed by atoms with Crippen LogP contribution in [0.2, 0.25) is 0 Å². The number of nitrogens with two attached hydrogens (primary N) is 1. The molecule has 4 nitrogen and oxygen atoms in total. The summed E-state index contributed by atoms with van der Waals surface area (Å²) in [5.41, 5.74) is 6.12. The second-order valence-electron chi connectivity index (χ2n) is 5.31. The maximum Gasteiger partial charge on any atom is 0.129 e. The highest BCUT2D eigenvalue weighted by molar-refractivity contribution is 7.80. The first-order valence-corrected chi connectivity index (χ1v) is 6.48. The lowest BCUT2D eigenvalue weighted by atomic mass is 10.1. The number of anilines is 1. The Bertz CT molecular complexity index is 461. The first kappa shape index (κ1) is 13.2. The van der Waals surface area contributed by atoms with Crippen molar-refractivity contribution in [2.24, 2.45) is 5.73 Å². The maximum atomic E-state index is 5.88. The number of aromatic nitrogens is 1. The fourth-order valence-electron chi connectivity index (χ4n) is 2.36. The van der Waals surface area contributed by atoms with Crippen LogP contribution in [-0.4, -0.2) is 34.8 Å². The third-order valence-electron chi connectivity index (χ3n) is 2.88. The van der Waals surface area contributed by atoms with Crippen LogP contribution >= 0.6 is 12.2 Å². The topological polar surface area (TPSA) is 51.4 Å². The molecule has 1 saturated heterocycles. The average Bonchev–Trinajstić information content (AvgIpc) is 2.26. The lowest BCUT2D eigenvalue weighted by Gasteiger charge is -2.42. The van der Waals surface area contributed by atoms with Gasteiger partial charge >= 0.3 is 0 Å². The van der Waals surface area contributed by atoms with Crippen molar-refractivity contribution in [1.82, 2.24) is 4.98 Å². The molecule has 0 saturated carbocycles. The molecule has 0 amide bonds. The minimum absolute atomic E-state index is 0.168. The van der Waals surface area contributed by atoms with Crippen molar-refractivity contribution in [3.63, 3.8) is 0 Å². The molecule has 1 atom stereocenters. The molecule has 5 heteroatoms. The summed E-state index contributed by atoms with van der Waals surface area (Å²) in [6.07, 6.45) is 0.184. The molecule has 1 aromatic rings. The monoisotopic (exact) mass is 265 g/mol. The van der Waals surface area contributed by atoms with Gasteiger partial charge in [-0.05, 0) is 32.9 Å². The number of nitrogens with zero attached hydrogens (tertiary/aromatic N) is 2. The molecular formula is C13H19N3OS. The van der Waals surface area contributed by atoms with E-state index < -0.39 is 0 Å². The summed E-state index contributed by atoms with van der Waals surface area (Å²) in [4.78, 5) is 7.05. The van der Waals surface area contributed by atoms with Gasteiger partial charge in [0, 0.05) is 13.1 Å². The van der Waals surface area contributed by atoms with Crippen molar-refractivity contribution in [2.75, 3.05) is 18.0 Å². The highest BCUT2D eigenvalue weighted by Gasteiger charge is 2.31. The van der Waals surface area contributed by atoms with E-state index in [9.17, 15) is 0 Å². The minimum atomic E-state index is -0.168. The first-order chi connectivity index (χ1) is 8.37. The Kier molecular flexibility index (Phi) is 3.54. The predicted octanol–water partition coefficient (Wildman–Crippen LogP) is 1.72. The second kappa shape index (κ2) is 4.82. The van der Waals surface area contributed by atoms with Crippen LogP contribution in [0.4, 0.5) is 5.82 Å². The highest BCUT2D eigenvalue weighted by Crippen LogP contribution is 2.24. The van der Waals surface area contributed by atoms with E-state index in [1.165, 1.54) is 0 Å². The fourth-order valence-corrected chi connectivity index (χ4v) is 2.48. The Morgan fingerprint density at radius 2 is 2.28 bits per heavy atom. The maximum absolute atomic E-state index is 5.88. The van der Waals surface area contributed by atoms with Crippen LogP contribution < -0.4 is 10.6 Å². The molecule has 1 aliphatic heterocycles. The van der Waals surface area contributed by atoms with Gasteiger partial charge in [0.05, 0.1) is 17.4 Å². The number of rotatable bonds is 2. The lowest BCUT2D eigenvalue weighted by molar-refractivity contribution is -0.0751. The molecule has 1 aromatic heterocycles. The molecule has 18 heavy (non-hydrogen) atoms. The van der Waals surface area contributed by atoms with Crippen molar-refractivity contribution in [3.8, 4) is 0 Å². The molecular weight excluding hydrogens is 246 g/mol. The summed E-state index contributed by atoms with van der Waals surface area (Å²) < 4.78 is 5.88. The minimum Gasteiger partial charge on any atom is -0.388 e. The van der Waals surface area contributed by atoms with Crippen LogP contribution in [0.1, 0.15) is 26.5 Å². The van der Waals surface area contributed by atoms with E-state index in [-0.39, 0.29) is 11.7 Å². The molecule has 0 bridgehead atoms. The van der Waals surface area contributed by atoms with Gasteiger partial charge < -0.3 is 15.4 Å². The molecule has 2 N–H and O–H groups in total. The van der Waals surface area contributed by atoms with Crippen molar-refractivity contribution in [2.45, 2.75) is 32.5 Å². The molecule has 0 aromatic carbocycles. The van der Waals surface area contributed by atoms with E-state index in [0.717, 1.165) is 18.9 Å². The van der Waals surface area contributed by atoms with Gasteiger partial charge in [-0.3, -0.25) is 0 Å². The van der Waals surface area contributed by atoms with Crippen LogP contribution in [0.3, 0.4) is 0 Å². The zero-order valence-electron chi connectivity index (χ0n) is 11.0. The Labute approximate surface area is 113 Å².